The second-order valence-electron chi connectivity index (χ2n) is 6.02. The number of nitrogens with one attached hydrogen (secondary N) is 1. The third-order valence-corrected chi connectivity index (χ3v) is 4.43. The third kappa shape index (κ3) is 2.22. The van der Waals surface area contributed by atoms with Gasteiger partial charge in [-0.25, -0.2) is 15.0 Å². The van der Waals surface area contributed by atoms with E-state index in [9.17, 15) is 5.11 Å². The molecule has 0 aliphatic carbocycles. The summed E-state index contributed by atoms with van der Waals surface area (Å²) in [5, 5.41) is 15.3. The van der Waals surface area contributed by atoms with E-state index >= 15 is 0 Å². The fraction of sp³-hybridized carbons (Fsp3) is 0.0526. The molecule has 0 atom stereocenters. The summed E-state index contributed by atoms with van der Waals surface area (Å²) in [7, 11) is 0. The first-order chi connectivity index (χ1) is 12.2. The topological polar surface area (TPSA) is 95.5 Å². The fourth-order valence-corrected chi connectivity index (χ4v) is 3.24. The molecule has 3 aromatic rings. The van der Waals surface area contributed by atoms with Gasteiger partial charge in [0.25, 0.3) is 0 Å². The van der Waals surface area contributed by atoms with E-state index in [1.165, 1.54) is 0 Å². The summed E-state index contributed by atoms with van der Waals surface area (Å²) in [5.41, 5.74) is 8.05. The summed E-state index contributed by atoms with van der Waals surface area (Å²) < 4.78 is 0. The third-order valence-electron chi connectivity index (χ3n) is 4.43. The van der Waals surface area contributed by atoms with Crippen LogP contribution in [0.15, 0.2) is 77.4 Å². The van der Waals surface area contributed by atoms with Crippen LogP contribution >= 0.6 is 0 Å². The van der Waals surface area contributed by atoms with Crippen LogP contribution in [0, 0.1) is 0 Å². The molecule has 0 radical (unpaired) electrons. The Balaban J connectivity index is 0.00000168. The van der Waals surface area contributed by atoms with Crippen molar-refractivity contribution in [2.24, 2.45) is 4.99 Å². The van der Waals surface area contributed by atoms with Crippen molar-refractivity contribution >= 4 is 33.7 Å². The minimum absolute atomic E-state index is 0. The maximum Gasteiger partial charge on any atom is 0.236 e. The van der Waals surface area contributed by atoms with Gasteiger partial charge < -0.3 is 10.6 Å². The molecule has 2 aromatic carbocycles. The summed E-state index contributed by atoms with van der Waals surface area (Å²) in [6.45, 7) is 1.89. The average molecular weight is 347 g/mol. The molecule has 1 aromatic heterocycles. The van der Waals surface area contributed by atoms with Crippen molar-refractivity contribution in [2.75, 3.05) is 10.0 Å². The van der Waals surface area contributed by atoms with Crippen LogP contribution in [0.2, 0.25) is 0 Å². The molecule has 0 spiro atoms. The van der Waals surface area contributed by atoms with Gasteiger partial charge in [0.15, 0.2) is 0 Å². The summed E-state index contributed by atoms with van der Waals surface area (Å²) in [6.07, 6.45) is 1.74. The molecular weight excluding hydrogens is 330 g/mol. The van der Waals surface area contributed by atoms with Crippen molar-refractivity contribution in [2.45, 2.75) is 6.92 Å². The van der Waals surface area contributed by atoms with E-state index < -0.39 is 0 Å². The van der Waals surface area contributed by atoms with Crippen molar-refractivity contribution < 1.29 is 10.6 Å². The quantitative estimate of drug-likeness (QED) is 0.705. The predicted octanol–water partition coefficient (Wildman–Crippen LogP) is 2.99. The van der Waals surface area contributed by atoms with Crippen LogP contribution in [0.1, 0.15) is 6.92 Å². The molecule has 2 aliphatic heterocycles. The number of hydrogen-bond acceptors (Lipinski definition) is 6. The molecule has 4 N–H and O–H groups in total. The monoisotopic (exact) mass is 347 g/mol. The van der Waals surface area contributed by atoms with Crippen LogP contribution in [0.4, 0.5) is 17.1 Å². The van der Waals surface area contributed by atoms with Gasteiger partial charge in [0.05, 0.1) is 34.5 Å². The first-order valence-electron chi connectivity index (χ1n) is 8.01. The summed E-state index contributed by atoms with van der Waals surface area (Å²) in [4.78, 5) is 9.07. The molecule has 0 unspecified atom stereocenters. The number of nitrogens with zero attached hydrogens (tertiary/aromatic N) is 4. The fourth-order valence-electron chi connectivity index (χ4n) is 3.24. The summed E-state index contributed by atoms with van der Waals surface area (Å²) in [5.74, 6) is 0.104. The van der Waals surface area contributed by atoms with Crippen molar-refractivity contribution in [1.82, 2.24) is 10.5 Å². The minimum Gasteiger partial charge on any atom is -0.492 e. The van der Waals surface area contributed by atoms with Crippen LogP contribution in [-0.2, 0) is 0 Å². The zero-order chi connectivity index (χ0) is 17.0. The van der Waals surface area contributed by atoms with Gasteiger partial charge in [0, 0.05) is 5.39 Å². The van der Waals surface area contributed by atoms with Gasteiger partial charge in [-0.3, -0.25) is 4.98 Å². The number of hydrogen-bond donors (Lipinski definition) is 2. The van der Waals surface area contributed by atoms with Crippen LogP contribution < -0.4 is 15.6 Å². The lowest BCUT2D eigenvalue weighted by molar-refractivity contribution is 0.389. The zero-order valence-corrected chi connectivity index (χ0v) is 14.0. The number of pyridine rings is 1. The molecule has 3 heterocycles. The predicted molar refractivity (Wildman–Crippen MR) is 102 cm³/mol. The lowest BCUT2D eigenvalue weighted by Crippen LogP contribution is -2.43. The molecule has 26 heavy (non-hydrogen) atoms. The Labute approximate surface area is 149 Å². The lowest BCUT2D eigenvalue weighted by Gasteiger charge is -2.27. The Morgan fingerprint density at radius 2 is 1.77 bits per heavy atom. The SMILES string of the molecule is CC1=Nc2ccccc2N2NN(c3cnc4ccccc4c3)C(O)=C12.O. The van der Waals surface area contributed by atoms with E-state index in [1.54, 1.807) is 11.2 Å². The number of allylic oxidation sites excluding steroid dienone is 1. The number of aromatic nitrogens is 1. The Morgan fingerprint density at radius 3 is 2.65 bits per heavy atom. The largest absolute Gasteiger partial charge is 0.492 e. The highest BCUT2D eigenvalue weighted by Gasteiger charge is 2.36. The van der Waals surface area contributed by atoms with Gasteiger partial charge in [-0.1, -0.05) is 30.3 Å². The Kier molecular flexibility index (Phi) is 3.61. The Morgan fingerprint density at radius 1 is 1.00 bits per heavy atom. The number of para-hydroxylation sites is 3. The number of fused-ring (bicyclic) bond motifs is 4. The van der Waals surface area contributed by atoms with Crippen molar-refractivity contribution in [3.05, 3.63) is 72.4 Å². The molecule has 0 bridgehead atoms. The summed E-state index contributed by atoms with van der Waals surface area (Å²) >= 11 is 0. The molecule has 0 saturated carbocycles. The van der Waals surface area contributed by atoms with Crippen LogP contribution in [-0.4, -0.2) is 21.3 Å². The van der Waals surface area contributed by atoms with Crippen LogP contribution in [0.5, 0.6) is 0 Å². The first kappa shape index (κ1) is 16.1. The van der Waals surface area contributed by atoms with Crippen LogP contribution in [0.3, 0.4) is 0 Å². The number of aliphatic imine (C=N–C) groups is 1. The van der Waals surface area contributed by atoms with E-state index in [4.69, 9.17) is 0 Å². The maximum atomic E-state index is 10.8. The van der Waals surface area contributed by atoms with Crippen molar-refractivity contribution in [1.29, 1.82) is 0 Å². The van der Waals surface area contributed by atoms with Gasteiger partial charge in [0.1, 0.15) is 5.70 Å². The second-order valence-corrected chi connectivity index (χ2v) is 6.02. The highest BCUT2D eigenvalue weighted by Crippen LogP contribution is 2.39. The molecule has 7 nitrogen and oxygen atoms in total. The molecule has 0 fully saturated rings. The normalized spacial score (nSPS) is 15.5. The number of rotatable bonds is 1. The second kappa shape index (κ2) is 5.83. The molecule has 2 aliphatic rings. The van der Waals surface area contributed by atoms with Gasteiger partial charge >= 0.3 is 0 Å². The highest BCUT2D eigenvalue weighted by atomic mass is 16.3. The maximum absolute atomic E-state index is 10.8. The van der Waals surface area contributed by atoms with E-state index in [0.29, 0.717) is 5.70 Å². The number of anilines is 2. The van der Waals surface area contributed by atoms with Crippen molar-refractivity contribution in [3.63, 3.8) is 0 Å². The molecule has 0 amide bonds. The Bertz CT molecular complexity index is 1080. The molecular formula is C19H17N5O2. The lowest BCUT2D eigenvalue weighted by atomic mass is 10.1. The van der Waals surface area contributed by atoms with Gasteiger partial charge in [-0.15, -0.1) is 5.53 Å². The molecule has 130 valence electrons. The van der Waals surface area contributed by atoms with E-state index in [0.717, 1.165) is 33.7 Å². The average Bonchev–Trinajstić information content (AvgIpc) is 3.00. The van der Waals surface area contributed by atoms with E-state index in [1.807, 2.05) is 66.5 Å². The van der Waals surface area contributed by atoms with Gasteiger partial charge in [0.2, 0.25) is 5.88 Å². The zero-order valence-electron chi connectivity index (χ0n) is 14.0. The molecule has 0 saturated heterocycles. The van der Waals surface area contributed by atoms with Gasteiger partial charge in [-0.05, 0) is 31.2 Å². The van der Waals surface area contributed by atoms with E-state index in [-0.39, 0.29) is 11.4 Å². The number of aliphatic hydroxyl groups is 1. The number of benzene rings is 2. The first-order valence-corrected chi connectivity index (χ1v) is 8.01. The van der Waals surface area contributed by atoms with Crippen molar-refractivity contribution in [3.8, 4) is 0 Å². The highest BCUT2D eigenvalue weighted by molar-refractivity contribution is 6.08. The standard InChI is InChI=1S/C19H15N5O.H2O/c1-12-18-19(25)23(14-10-13-6-2-3-7-15(13)20-11-14)22-24(18)17-9-5-4-8-16(17)21-12;/h2-11,22,25H,1H3;1H2. The number of hydrazine groups is 2. The smallest absolute Gasteiger partial charge is 0.236 e. The number of aliphatic hydroxyl groups excluding tert-OH is 1. The Hall–Kier alpha value is -3.42. The van der Waals surface area contributed by atoms with Crippen LogP contribution in [0.25, 0.3) is 10.9 Å². The minimum atomic E-state index is 0. The summed E-state index contributed by atoms with van der Waals surface area (Å²) in [6, 6.07) is 17.7. The molecule has 7 heteroatoms. The molecule has 5 rings (SSSR count). The van der Waals surface area contributed by atoms with E-state index in [2.05, 4.69) is 15.5 Å². The van der Waals surface area contributed by atoms with Gasteiger partial charge in [-0.2, -0.15) is 0 Å².